The van der Waals surface area contributed by atoms with Crippen molar-refractivity contribution in [3.8, 4) is 0 Å². The molecular weight excluding hydrogens is 268 g/mol. The maximum absolute atomic E-state index is 12.6. The van der Waals surface area contributed by atoms with Crippen LogP contribution >= 0.6 is 0 Å². The minimum atomic E-state index is -0.913. The lowest BCUT2D eigenvalue weighted by atomic mass is 9.94. The molecule has 0 saturated heterocycles. The molecule has 0 rings (SSSR count). The Morgan fingerprint density at radius 1 is 0.952 bits per heavy atom. The van der Waals surface area contributed by atoms with E-state index in [0.717, 1.165) is 19.6 Å². The van der Waals surface area contributed by atoms with Crippen molar-refractivity contribution < 1.29 is 14.7 Å². The molecule has 1 amide bonds. The maximum atomic E-state index is 12.6. The molecular formula is C16H32N2O3. The molecule has 2 unspecified atom stereocenters. The number of carboxylic acid groups (broad SMARTS) is 1. The third-order valence-corrected chi connectivity index (χ3v) is 4.01. The highest BCUT2D eigenvalue weighted by Crippen LogP contribution is 2.15. The molecule has 1 N–H and O–H groups in total. The summed E-state index contributed by atoms with van der Waals surface area (Å²) in [4.78, 5) is 27.7. The van der Waals surface area contributed by atoms with Gasteiger partial charge in [0.25, 0.3) is 0 Å². The first-order valence-corrected chi connectivity index (χ1v) is 7.98. The minimum absolute atomic E-state index is 0.0502. The van der Waals surface area contributed by atoms with Crippen molar-refractivity contribution >= 4 is 11.9 Å². The van der Waals surface area contributed by atoms with Crippen LogP contribution in [-0.4, -0.2) is 59.5 Å². The largest absolute Gasteiger partial charge is 0.481 e. The van der Waals surface area contributed by atoms with E-state index in [4.69, 9.17) is 5.11 Å². The fourth-order valence-electron chi connectivity index (χ4n) is 2.25. The van der Waals surface area contributed by atoms with Crippen molar-refractivity contribution in [1.29, 1.82) is 0 Å². The Balaban J connectivity index is 4.80. The van der Waals surface area contributed by atoms with E-state index >= 15 is 0 Å². The summed E-state index contributed by atoms with van der Waals surface area (Å²) in [6.07, 6.45) is 0. The van der Waals surface area contributed by atoms with Crippen molar-refractivity contribution in [2.75, 3.05) is 32.7 Å². The van der Waals surface area contributed by atoms with Gasteiger partial charge in [-0.3, -0.25) is 9.59 Å². The molecule has 124 valence electrons. The Hall–Kier alpha value is -1.10. The number of carbonyl (C=O) groups excluding carboxylic acids is 1. The lowest BCUT2D eigenvalue weighted by molar-refractivity contribution is -0.149. The summed E-state index contributed by atoms with van der Waals surface area (Å²) in [7, 11) is 0. The molecule has 0 aromatic rings. The average molecular weight is 300 g/mol. The van der Waals surface area contributed by atoms with Gasteiger partial charge in [-0.25, -0.2) is 0 Å². The summed E-state index contributed by atoms with van der Waals surface area (Å²) < 4.78 is 0. The first-order chi connectivity index (χ1) is 9.74. The van der Waals surface area contributed by atoms with E-state index in [1.54, 1.807) is 13.8 Å². The van der Waals surface area contributed by atoms with Gasteiger partial charge in [-0.15, -0.1) is 0 Å². The summed E-state index contributed by atoms with van der Waals surface area (Å²) in [5, 5.41) is 9.08. The van der Waals surface area contributed by atoms with Gasteiger partial charge in [-0.05, 0) is 19.0 Å². The van der Waals surface area contributed by atoms with E-state index in [1.165, 1.54) is 0 Å². The van der Waals surface area contributed by atoms with Crippen LogP contribution in [-0.2, 0) is 9.59 Å². The summed E-state index contributed by atoms with van der Waals surface area (Å²) in [5.41, 5.74) is 0. The van der Waals surface area contributed by atoms with Gasteiger partial charge < -0.3 is 14.9 Å². The summed E-state index contributed by atoms with van der Waals surface area (Å²) in [6.45, 7) is 15.8. The summed E-state index contributed by atoms with van der Waals surface area (Å²) >= 11 is 0. The number of aliphatic carboxylic acids is 1. The lowest BCUT2D eigenvalue weighted by Crippen LogP contribution is -2.44. The number of nitrogens with zero attached hydrogens (tertiary/aromatic N) is 2. The SMILES string of the molecule is CCN(CC)CCN(CC(C)C)C(=O)C(C)C(C)C(=O)O. The van der Waals surface area contributed by atoms with Gasteiger partial charge in [0.15, 0.2) is 0 Å². The Kier molecular flexibility index (Phi) is 9.26. The Morgan fingerprint density at radius 2 is 1.48 bits per heavy atom. The molecule has 0 spiro atoms. The van der Waals surface area contributed by atoms with E-state index in [-0.39, 0.29) is 5.91 Å². The van der Waals surface area contributed by atoms with Crippen LogP contribution in [0.2, 0.25) is 0 Å². The van der Waals surface area contributed by atoms with Gasteiger partial charge >= 0.3 is 5.97 Å². The van der Waals surface area contributed by atoms with Gasteiger partial charge in [0.2, 0.25) is 5.91 Å². The highest BCUT2D eigenvalue weighted by molar-refractivity contribution is 5.84. The molecule has 0 aliphatic carbocycles. The highest BCUT2D eigenvalue weighted by Gasteiger charge is 2.29. The molecule has 2 atom stereocenters. The highest BCUT2D eigenvalue weighted by atomic mass is 16.4. The number of likely N-dealkylation sites (N-methyl/N-ethyl adjacent to an activating group) is 1. The van der Waals surface area contributed by atoms with Crippen LogP contribution in [0.15, 0.2) is 0 Å². The predicted octanol–water partition coefficient (Wildman–Crippen LogP) is 2.17. The van der Waals surface area contributed by atoms with Gasteiger partial charge in [-0.2, -0.15) is 0 Å². The number of hydrogen-bond acceptors (Lipinski definition) is 3. The van der Waals surface area contributed by atoms with Crippen LogP contribution in [0.4, 0.5) is 0 Å². The molecule has 0 radical (unpaired) electrons. The Bertz CT molecular complexity index is 327. The molecule has 0 bridgehead atoms. The van der Waals surface area contributed by atoms with Crippen molar-refractivity contribution in [3.63, 3.8) is 0 Å². The molecule has 0 aromatic carbocycles. The summed E-state index contributed by atoms with van der Waals surface area (Å²) in [5.74, 6) is -1.73. The molecule has 0 fully saturated rings. The van der Waals surface area contributed by atoms with E-state index in [1.807, 2.05) is 4.90 Å². The van der Waals surface area contributed by atoms with Gasteiger partial charge in [0, 0.05) is 25.6 Å². The van der Waals surface area contributed by atoms with E-state index in [9.17, 15) is 9.59 Å². The fourth-order valence-corrected chi connectivity index (χ4v) is 2.25. The van der Waals surface area contributed by atoms with Crippen LogP contribution in [0, 0.1) is 17.8 Å². The topological polar surface area (TPSA) is 60.9 Å². The molecule has 0 aliphatic heterocycles. The molecule has 0 aliphatic rings. The van der Waals surface area contributed by atoms with Crippen LogP contribution in [0.5, 0.6) is 0 Å². The molecule has 5 heteroatoms. The number of hydrogen-bond donors (Lipinski definition) is 1. The van der Waals surface area contributed by atoms with Crippen LogP contribution < -0.4 is 0 Å². The minimum Gasteiger partial charge on any atom is -0.481 e. The average Bonchev–Trinajstić information content (AvgIpc) is 2.44. The van der Waals surface area contributed by atoms with Crippen molar-refractivity contribution in [2.45, 2.75) is 41.5 Å². The first-order valence-electron chi connectivity index (χ1n) is 7.98. The van der Waals surface area contributed by atoms with Crippen LogP contribution in [0.1, 0.15) is 41.5 Å². The standard InChI is InChI=1S/C16H32N2O3/c1-7-17(8-2)9-10-18(11-12(3)4)15(19)13(5)14(6)16(20)21/h12-14H,7-11H2,1-6H3,(H,20,21). The second kappa shape index (κ2) is 9.77. The van der Waals surface area contributed by atoms with Gasteiger partial charge in [-0.1, -0.05) is 41.5 Å². The van der Waals surface area contributed by atoms with E-state index in [2.05, 4.69) is 32.6 Å². The Labute approximate surface area is 129 Å². The molecule has 0 aromatic heterocycles. The van der Waals surface area contributed by atoms with E-state index in [0.29, 0.717) is 19.0 Å². The third kappa shape index (κ3) is 6.93. The predicted molar refractivity (Wildman–Crippen MR) is 85.2 cm³/mol. The second-order valence-corrected chi connectivity index (χ2v) is 6.12. The quantitative estimate of drug-likeness (QED) is 0.672. The lowest BCUT2D eigenvalue weighted by Gasteiger charge is -2.31. The Morgan fingerprint density at radius 3 is 1.86 bits per heavy atom. The smallest absolute Gasteiger partial charge is 0.307 e. The van der Waals surface area contributed by atoms with Crippen molar-refractivity contribution in [3.05, 3.63) is 0 Å². The van der Waals surface area contributed by atoms with Crippen LogP contribution in [0.25, 0.3) is 0 Å². The number of carbonyl (C=O) groups is 2. The van der Waals surface area contributed by atoms with Crippen LogP contribution in [0.3, 0.4) is 0 Å². The number of carboxylic acids is 1. The monoisotopic (exact) mass is 300 g/mol. The number of rotatable bonds is 10. The zero-order valence-corrected chi connectivity index (χ0v) is 14.4. The second-order valence-electron chi connectivity index (χ2n) is 6.12. The van der Waals surface area contributed by atoms with E-state index < -0.39 is 17.8 Å². The zero-order valence-electron chi connectivity index (χ0n) is 14.4. The van der Waals surface area contributed by atoms with Crippen molar-refractivity contribution in [2.24, 2.45) is 17.8 Å². The fraction of sp³-hybridized carbons (Fsp3) is 0.875. The third-order valence-electron chi connectivity index (χ3n) is 4.01. The molecule has 21 heavy (non-hydrogen) atoms. The molecule has 0 saturated carbocycles. The normalized spacial score (nSPS) is 14.3. The summed E-state index contributed by atoms with van der Waals surface area (Å²) in [6, 6.07) is 0. The first kappa shape index (κ1) is 19.9. The zero-order chi connectivity index (χ0) is 16.6. The van der Waals surface area contributed by atoms with Crippen molar-refractivity contribution in [1.82, 2.24) is 9.80 Å². The van der Waals surface area contributed by atoms with Gasteiger partial charge in [0.05, 0.1) is 5.92 Å². The molecule has 5 nitrogen and oxygen atoms in total. The molecule has 0 heterocycles. The van der Waals surface area contributed by atoms with Gasteiger partial charge in [0.1, 0.15) is 0 Å². The maximum Gasteiger partial charge on any atom is 0.307 e. The number of amides is 1.